The maximum absolute atomic E-state index is 13.6. The van der Waals surface area contributed by atoms with Crippen molar-refractivity contribution in [2.75, 3.05) is 19.6 Å². The second-order valence-corrected chi connectivity index (χ2v) is 8.42. The second-order valence-electron chi connectivity index (χ2n) is 8.42. The predicted octanol–water partition coefficient (Wildman–Crippen LogP) is 4.26. The molecule has 6 nitrogen and oxygen atoms in total. The normalized spacial score (nSPS) is 23.4. The fourth-order valence-corrected chi connectivity index (χ4v) is 4.90. The number of Topliss-reactive ketones (excluding diaryl/α,β-unsaturated/α-hetero) is 1. The molecule has 3 aliphatic rings. The molecule has 0 amide bonds. The van der Waals surface area contributed by atoms with E-state index in [4.69, 9.17) is 0 Å². The molecular formula is C22H21F3N4O2. The second kappa shape index (κ2) is 7.33. The Kier molecular flexibility index (Phi) is 4.73. The van der Waals surface area contributed by atoms with Gasteiger partial charge in [-0.3, -0.25) is 9.89 Å². The lowest BCUT2D eigenvalue weighted by molar-refractivity contribution is -0.139. The summed E-state index contributed by atoms with van der Waals surface area (Å²) in [5, 5.41) is 15.0. The van der Waals surface area contributed by atoms with E-state index in [9.17, 15) is 23.1 Å². The lowest BCUT2D eigenvalue weighted by Crippen LogP contribution is -2.47. The van der Waals surface area contributed by atoms with Crippen molar-refractivity contribution >= 4 is 16.8 Å². The number of carbonyl (C=O) groups is 1. The molecule has 6 rings (SSSR count). The molecule has 1 aromatic carbocycles. The van der Waals surface area contributed by atoms with Gasteiger partial charge in [-0.2, -0.15) is 18.3 Å². The van der Waals surface area contributed by atoms with Gasteiger partial charge in [0.2, 0.25) is 0 Å². The van der Waals surface area contributed by atoms with Crippen molar-refractivity contribution in [2.45, 2.75) is 25.4 Å². The Morgan fingerprint density at radius 2 is 1.90 bits per heavy atom. The van der Waals surface area contributed by atoms with Gasteiger partial charge in [0.15, 0.2) is 11.4 Å². The van der Waals surface area contributed by atoms with Crippen LogP contribution in [0.3, 0.4) is 0 Å². The van der Waals surface area contributed by atoms with Gasteiger partial charge in [0.25, 0.3) is 0 Å². The standard InChI is InChI=1S/C22H21F3N4O2/c23-22(24,25)20-19-16(18(31)9-14-11-29-7-5-12(14)6-8-29)10-17(26-21(19)28-27-20)13-1-3-15(30)4-2-13/h1-4,10,12,14,30H,5-9,11H2,(H,26,27,28)/t14-/m1/s1. The molecule has 2 N–H and O–H groups in total. The number of nitrogens with zero attached hydrogens (tertiary/aromatic N) is 3. The number of halogens is 3. The molecule has 5 heterocycles. The average molecular weight is 430 g/mol. The molecule has 3 saturated heterocycles. The van der Waals surface area contributed by atoms with Crippen LogP contribution in [0, 0.1) is 11.8 Å². The highest BCUT2D eigenvalue weighted by molar-refractivity contribution is 6.08. The quantitative estimate of drug-likeness (QED) is 0.605. The van der Waals surface area contributed by atoms with E-state index in [1.807, 2.05) is 5.10 Å². The van der Waals surface area contributed by atoms with E-state index < -0.39 is 11.9 Å². The van der Waals surface area contributed by atoms with Crippen molar-refractivity contribution in [3.8, 4) is 17.0 Å². The molecule has 9 heteroatoms. The first-order valence-corrected chi connectivity index (χ1v) is 10.3. The van der Waals surface area contributed by atoms with Crippen molar-refractivity contribution < 1.29 is 23.1 Å². The van der Waals surface area contributed by atoms with Gasteiger partial charge in [0, 0.05) is 24.1 Å². The molecule has 1 atom stereocenters. The Balaban J connectivity index is 1.58. The predicted molar refractivity (Wildman–Crippen MR) is 108 cm³/mol. The third-order valence-electron chi connectivity index (χ3n) is 6.51. The third kappa shape index (κ3) is 3.67. The molecule has 0 radical (unpaired) electrons. The monoisotopic (exact) mass is 430 g/mol. The Labute approximate surface area is 176 Å². The summed E-state index contributed by atoms with van der Waals surface area (Å²) in [5.41, 5.74) is -0.289. The van der Waals surface area contributed by atoms with Gasteiger partial charge in [-0.25, -0.2) is 4.98 Å². The van der Waals surface area contributed by atoms with Crippen LogP contribution in [0.1, 0.15) is 35.3 Å². The zero-order chi connectivity index (χ0) is 21.8. The largest absolute Gasteiger partial charge is 0.508 e. The highest BCUT2D eigenvalue weighted by atomic mass is 19.4. The highest BCUT2D eigenvalue weighted by Gasteiger charge is 2.39. The van der Waals surface area contributed by atoms with Crippen LogP contribution in [-0.2, 0) is 6.18 Å². The molecular weight excluding hydrogens is 409 g/mol. The summed E-state index contributed by atoms with van der Waals surface area (Å²) in [6, 6.07) is 7.54. The number of fused-ring (bicyclic) bond motifs is 4. The van der Waals surface area contributed by atoms with Crippen LogP contribution in [-0.4, -0.2) is 50.6 Å². The maximum Gasteiger partial charge on any atom is 0.433 e. The Morgan fingerprint density at radius 3 is 2.52 bits per heavy atom. The van der Waals surface area contributed by atoms with Crippen molar-refractivity contribution in [3.05, 3.63) is 41.6 Å². The average Bonchev–Trinajstić information content (AvgIpc) is 3.19. The number of nitrogens with one attached hydrogen (secondary N) is 1. The number of pyridine rings is 1. The first-order valence-electron chi connectivity index (χ1n) is 10.3. The fraction of sp³-hybridized carbons (Fsp3) is 0.409. The number of alkyl halides is 3. The lowest BCUT2D eigenvalue weighted by Gasteiger charge is -2.44. The number of phenolic OH excluding ortho intramolecular Hbond substituents is 1. The molecule has 0 spiro atoms. The van der Waals surface area contributed by atoms with Crippen LogP contribution in [0.25, 0.3) is 22.3 Å². The first-order chi connectivity index (χ1) is 14.8. The Hall–Kier alpha value is -2.94. The van der Waals surface area contributed by atoms with Crippen LogP contribution in [0.4, 0.5) is 13.2 Å². The van der Waals surface area contributed by atoms with E-state index in [1.165, 1.54) is 18.2 Å². The minimum Gasteiger partial charge on any atom is -0.508 e. The molecule has 0 unspecified atom stereocenters. The molecule has 31 heavy (non-hydrogen) atoms. The zero-order valence-corrected chi connectivity index (χ0v) is 16.6. The lowest BCUT2D eigenvalue weighted by atomic mass is 9.76. The first kappa shape index (κ1) is 20.0. The van der Waals surface area contributed by atoms with E-state index >= 15 is 0 Å². The minimum atomic E-state index is -4.68. The van der Waals surface area contributed by atoms with Crippen LogP contribution >= 0.6 is 0 Å². The number of ketones is 1. The van der Waals surface area contributed by atoms with Gasteiger partial charge in [-0.1, -0.05) is 0 Å². The van der Waals surface area contributed by atoms with E-state index in [0.717, 1.165) is 32.5 Å². The van der Waals surface area contributed by atoms with Crippen LogP contribution in [0.2, 0.25) is 0 Å². The van der Waals surface area contributed by atoms with Gasteiger partial charge in [-0.15, -0.1) is 0 Å². The maximum atomic E-state index is 13.6. The number of hydrogen-bond donors (Lipinski definition) is 2. The Bertz CT molecular complexity index is 1130. The third-order valence-corrected chi connectivity index (χ3v) is 6.51. The molecule has 3 aliphatic heterocycles. The van der Waals surface area contributed by atoms with E-state index in [2.05, 4.69) is 15.0 Å². The van der Waals surface area contributed by atoms with Crippen molar-refractivity contribution in [1.82, 2.24) is 20.1 Å². The zero-order valence-electron chi connectivity index (χ0n) is 16.6. The summed E-state index contributed by atoms with van der Waals surface area (Å²) in [6.45, 7) is 2.87. The van der Waals surface area contributed by atoms with E-state index in [1.54, 1.807) is 12.1 Å². The van der Waals surface area contributed by atoms with Gasteiger partial charge in [-0.05, 0) is 68.1 Å². The van der Waals surface area contributed by atoms with Gasteiger partial charge in [0.1, 0.15) is 11.4 Å². The smallest absolute Gasteiger partial charge is 0.433 e. The van der Waals surface area contributed by atoms with Crippen molar-refractivity contribution in [1.29, 1.82) is 0 Å². The number of piperidine rings is 3. The SMILES string of the molecule is O=C(C[C@@H]1CN2CCC1CC2)c1cc(-c2ccc(O)cc2)nc2n[nH]c(C(F)(F)F)c12. The number of aromatic amines is 1. The summed E-state index contributed by atoms with van der Waals surface area (Å²) < 4.78 is 40.8. The molecule has 162 valence electrons. The number of carbonyl (C=O) groups excluding carboxylic acids is 1. The van der Waals surface area contributed by atoms with Gasteiger partial charge < -0.3 is 10.0 Å². The number of aromatic hydroxyl groups is 1. The fourth-order valence-electron chi connectivity index (χ4n) is 4.90. The van der Waals surface area contributed by atoms with E-state index in [0.29, 0.717) is 17.2 Å². The van der Waals surface area contributed by atoms with Crippen LogP contribution in [0.15, 0.2) is 30.3 Å². The van der Waals surface area contributed by atoms with Crippen LogP contribution in [0.5, 0.6) is 5.75 Å². The van der Waals surface area contributed by atoms with Crippen molar-refractivity contribution in [2.24, 2.45) is 11.8 Å². The molecule has 0 aliphatic carbocycles. The number of aromatic nitrogens is 3. The molecule has 3 fully saturated rings. The topological polar surface area (TPSA) is 82.1 Å². The van der Waals surface area contributed by atoms with Gasteiger partial charge >= 0.3 is 6.18 Å². The Morgan fingerprint density at radius 1 is 1.19 bits per heavy atom. The molecule has 3 aromatic rings. The molecule has 0 saturated carbocycles. The van der Waals surface area contributed by atoms with E-state index in [-0.39, 0.29) is 40.5 Å². The summed E-state index contributed by atoms with van der Waals surface area (Å²) >= 11 is 0. The minimum absolute atomic E-state index is 0.00871. The number of hydrogen-bond acceptors (Lipinski definition) is 5. The summed E-state index contributed by atoms with van der Waals surface area (Å²) in [5.74, 6) is 0.326. The number of benzene rings is 1. The summed E-state index contributed by atoms with van der Waals surface area (Å²) in [6.07, 6.45) is -2.41. The number of rotatable bonds is 4. The number of H-pyrrole nitrogens is 1. The highest BCUT2D eigenvalue weighted by Crippen LogP contribution is 2.38. The molecule has 2 aromatic heterocycles. The van der Waals surface area contributed by atoms with Gasteiger partial charge in [0.05, 0.1) is 11.1 Å². The van der Waals surface area contributed by atoms with Crippen LogP contribution < -0.4 is 0 Å². The van der Waals surface area contributed by atoms with Crippen molar-refractivity contribution in [3.63, 3.8) is 0 Å². The molecule has 2 bridgehead atoms. The number of phenols is 1. The summed E-state index contributed by atoms with van der Waals surface area (Å²) in [4.78, 5) is 19.9. The summed E-state index contributed by atoms with van der Waals surface area (Å²) in [7, 11) is 0.